The fourth-order valence-electron chi connectivity index (χ4n) is 1.93. The van der Waals surface area contributed by atoms with Crippen LogP contribution in [0.25, 0.3) is 0 Å². The number of rotatable bonds is 3. The number of hydrogen-bond donors (Lipinski definition) is 1. The molecule has 0 spiro atoms. The fraction of sp³-hybridized carbons (Fsp3) is 0.353. The van der Waals surface area contributed by atoms with Crippen LogP contribution in [-0.2, 0) is 0 Å². The molecule has 4 nitrogen and oxygen atoms in total. The van der Waals surface area contributed by atoms with Crippen LogP contribution in [0, 0.1) is 13.8 Å². The zero-order chi connectivity index (χ0) is 16.3. The smallest absolute Gasteiger partial charge is 0.251 e. The van der Waals surface area contributed by atoms with Crippen molar-refractivity contribution < 1.29 is 4.79 Å². The third-order valence-electron chi connectivity index (χ3n) is 2.78. The lowest BCUT2D eigenvalue weighted by Crippen LogP contribution is -2.40. The van der Waals surface area contributed by atoms with Gasteiger partial charge in [0, 0.05) is 27.4 Å². The molecule has 0 aliphatic rings. The highest BCUT2D eigenvalue weighted by Crippen LogP contribution is 2.25. The number of hydrogen-bond acceptors (Lipinski definition) is 4. The number of carbonyl (C=O) groups is 1. The van der Waals surface area contributed by atoms with Crippen molar-refractivity contribution in [3.63, 3.8) is 0 Å². The largest absolute Gasteiger partial charge is 0.347 e. The summed E-state index contributed by atoms with van der Waals surface area (Å²) in [6.07, 6.45) is 0. The maximum absolute atomic E-state index is 12.1. The first-order valence-electron chi connectivity index (χ1n) is 7.16. The van der Waals surface area contributed by atoms with Crippen LogP contribution in [0.4, 0.5) is 0 Å². The molecule has 116 valence electrons. The summed E-state index contributed by atoms with van der Waals surface area (Å²) >= 11 is 1.50. The Morgan fingerprint density at radius 3 is 2.09 bits per heavy atom. The highest BCUT2D eigenvalue weighted by atomic mass is 32.2. The van der Waals surface area contributed by atoms with E-state index < -0.39 is 0 Å². The standard InChI is InChI=1S/C17H21N3OS/c1-11-10-12(2)19-16(18-11)22-14-8-6-13(7-9-14)15(21)20-17(3,4)5/h6-10H,1-5H3,(H,20,21). The minimum Gasteiger partial charge on any atom is -0.347 e. The van der Waals surface area contributed by atoms with Crippen molar-refractivity contribution in [1.82, 2.24) is 15.3 Å². The molecule has 1 N–H and O–H groups in total. The van der Waals surface area contributed by atoms with E-state index in [2.05, 4.69) is 15.3 Å². The van der Waals surface area contributed by atoms with Gasteiger partial charge in [-0.2, -0.15) is 0 Å². The van der Waals surface area contributed by atoms with Gasteiger partial charge in [-0.05, 0) is 76.7 Å². The highest BCUT2D eigenvalue weighted by molar-refractivity contribution is 7.99. The summed E-state index contributed by atoms with van der Waals surface area (Å²) in [5, 5.41) is 3.68. The number of carbonyl (C=O) groups excluding carboxylic acids is 1. The van der Waals surface area contributed by atoms with Gasteiger partial charge in [-0.25, -0.2) is 9.97 Å². The first-order chi connectivity index (χ1) is 10.2. The zero-order valence-electron chi connectivity index (χ0n) is 13.6. The van der Waals surface area contributed by atoms with Gasteiger partial charge in [0.2, 0.25) is 0 Å². The second kappa shape index (κ2) is 6.48. The SMILES string of the molecule is Cc1cc(C)nc(Sc2ccc(C(=O)NC(C)(C)C)cc2)n1. The Labute approximate surface area is 135 Å². The summed E-state index contributed by atoms with van der Waals surface area (Å²) in [5.74, 6) is -0.0632. The summed E-state index contributed by atoms with van der Waals surface area (Å²) in [7, 11) is 0. The van der Waals surface area contributed by atoms with Crippen molar-refractivity contribution in [2.24, 2.45) is 0 Å². The lowest BCUT2D eigenvalue weighted by molar-refractivity contribution is 0.0919. The monoisotopic (exact) mass is 315 g/mol. The van der Waals surface area contributed by atoms with Crippen LogP contribution >= 0.6 is 11.8 Å². The zero-order valence-corrected chi connectivity index (χ0v) is 14.4. The Balaban J connectivity index is 2.10. The van der Waals surface area contributed by atoms with Gasteiger partial charge in [-0.15, -0.1) is 0 Å². The maximum Gasteiger partial charge on any atom is 0.251 e. The van der Waals surface area contributed by atoms with Crippen LogP contribution in [0.1, 0.15) is 42.5 Å². The summed E-state index contributed by atoms with van der Waals surface area (Å²) in [6.45, 7) is 9.81. The Morgan fingerprint density at radius 2 is 1.59 bits per heavy atom. The molecule has 0 saturated carbocycles. The lowest BCUT2D eigenvalue weighted by Gasteiger charge is -2.20. The van der Waals surface area contributed by atoms with Gasteiger partial charge in [-0.3, -0.25) is 4.79 Å². The molecule has 1 amide bonds. The molecule has 1 aromatic carbocycles. The van der Waals surface area contributed by atoms with Gasteiger partial charge in [0.05, 0.1) is 0 Å². The summed E-state index contributed by atoms with van der Waals surface area (Å²) < 4.78 is 0. The molecular weight excluding hydrogens is 294 g/mol. The molecule has 2 aromatic rings. The molecule has 0 fully saturated rings. The van der Waals surface area contributed by atoms with E-state index in [1.165, 1.54) is 11.8 Å². The van der Waals surface area contributed by atoms with Crippen molar-refractivity contribution in [2.75, 3.05) is 0 Å². The predicted molar refractivity (Wildman–Crippen MR) is 89.3 cm³/mol. The maximum atomic E-state index is 12.1. The minimum absolute atomic E-state index is 0.0632. The van der Waals surface area contributed by atoms with E-state index in [0.717, 1.165) is 21.4 Å². The quantitative estimate of drug-likeness (QED) is 0.876. The van der Waals surface area contributed by atoms with Gasteiger partial charge < -0.3 is 5.32 Å². The van der Waals surface area contributed by atoms with Crippen LogP contribution in [0.3, 0.4) is 0 Å². The van der Waals surface area contributed by atoms with E-state index in [1.54, 1.807) is 0 Å². The first kappa shape index (κ1) is 16.5. The average Bonchev–Trinajstić information content (AvgIpc) is 2.36. The molecule has 5 heteroatoms. The van der Waals surface area contributed by atoms with Crippen molar-refractivity contribution in [3.8, 4) is 0 Å². The molecule has 0 bridgehead atoms. The van der Waals surface area contributed by atoms with Crippen molar-refractivity contribution in [1.29, 1.82) is 0 Å². The van der Waals surface area contributed by atoms with Gasteiger partial charge in [0.15, 0.2) is 5.16 Å². The Hall–Kier alpha value is -1.88. The number of benzene rings is 1. The average molecular weight is 315 g/mol. The molecule has 1 aromatic heterocycles. The number of nitrogens with zero attached hydrogens (tertiary/aromatic N) is 2. The van der Waals surface area contributed by atoms with E-state index >= 15 is 0 Å². The van der Waals surface area contributed by atoms with Crippen molar-refractivity contribution >= 4 is 17.7 Å². The Morgan fingerprint density at radius 1 is 1.05 bits per heavy atom. The van der Waals surface area contributed by atoms with E-state index in [-0.39, 0.29) is 11.4 Å². The minimum atomic E-state index is -0.239. The van der Waals surface area contributed by atoms with E-state index in [4.69, 9.17) is 0 Å². The van der Waals surface area contributed by atoms with Gasteiger partial charge in [0.1, 0.15) is 0 Å². The molecule has 1 heterocycles. The van der Waals surface area contributed by atoms with Crippen molar-refractivity contribution in [2.45, 2.75) is 50.2 Å². The van der Waals surface area contributed by atoms with Crippen LogP contribution in [-0.4, -0.2) is 21.4 Å². The third kappa shape index (κ3) is 4.84. The van der Waals surface area contributed by atoms with Crippen LogP contribution in [0.5, 0.6) is 0 Å². The molecule has 22 heavy (non-hydrogen) atoms. The molecule has 0 atom stereocenters. The van der Waals surface area contributed by atoms with Gasteiger partial charge in [-0.1, -0.05) is 0 Å². The summed E-state index contributed by atoms with van der Waals surface area (Å²) in [6, 6.07) is 9.44. The number of aromatic nitrogens is 2. The van der Waals surface area contributed by atoms with E-state index in [1.807, 2.05) is 65.0 Å². The van der Waals surface area contributed by atoms with Crippen LogP contribution in [0.15, 0.2) is 40.4 Å². The van der Waals surface area contributed by atoms with Crippen LogP contribution < -0.4 is 5.32 Å². The van der Waals surface area contributed by atoms with Gasteiger partial charge in [0.25, 0.3) is 5.91 Å². The van der Waals surface area contributed by atoms with E-state index in [0.29, 0.717) is 5.56 Å². The summed E-state index contributed by atoms with van der Waals surface area (Å²) in [5.41, 5.74) is 2.32. The number of aryl methyl sites for hydroxylation is 2. The topological polar surface area (TPSA) is 54.9 Å². The molecule has 0 aliphatic heterocycles. The normalized spacial score (nSPS) is 11.3. The van der Waals surface area contributed by atoms with Gasteiger partial charge >= 0.3 is 0 Å². The third-order valence-corrected chi connectivity index (χ3v) is 3.65. The second-order valence-corrected chi connectivity index (χ2v) is 7.30. The molecule has 2 rings (SSSR count). The second-order valence-electron chi connectivity index (χ2n) is 6.26. The first-order valence-corrected chi connectivity index (χ1v) is 7.97. The molecule has 0 aliphatic carbocycles. The van der Waals surface area contributed by atoms with E-state index in [9.17, 15) is 4.79 Å². The Bertz CT molecular complexity index is 655. The summed E-state index contributed by atoms with van der Waals surface area (Å²) in [4.78, 5) is 21.9. The lowest BCUT2D eigenvalue weighted by atomic mass is 10.1. The fourth-order valence-corrected chi connectivity index (χ4v) is 2.79. The Kier molecular flexibility index (Phi) is 4.86. The van der Waals surface area contributed by atoms with Crippen molar-refractivity contribution in [3.05, 3.63) is 47.3 Å². The highest BCUT2D eigenvalue weighted by Gasteiger charge is 2.15. The molecular formula is C17H21N3OS. The predicted octanol–water partition coefficient (Wildman–Crippen LogP) is 3.77. The van der Waals surface area contributed by atoms with Crippen LogP contribution in [0.2, 0.25) is 0 Å². The molecule has 0 unspecified atom stereocenters. The molecule has 0 radical (unpaired) electrons. The number of nitrogens with one attached hydrogen (secondary N) is 1. The number of amides is 1. The molecule has 0 saturated heterocycles.